The average Bonchev–Trinajstić information content (AvgIpc) is 3.42. The van der Waals surface area contributed by atoms with Crippen LogP contribution in [-0.4, -0.2) is 32.8 Å². The third-order valence-corrected chi connectivity index (χ3v) is 6.46. The van der Waals surface area contributed by atoms with Crippen LogP contribution in [-0.2, 0) is 10.0 Å². The Labute approximate surface area is 167 Å². The molecule has 0 bridgehead atoms. The van der Waals surface area contributed by atoms with Gasteiger partial charge in [-0.15, -0.1) is 0 Å². The summed E-state index contributed by atoms with van der Waals surface area (Å²) in [5.74, 6) is 0.600. The lowest BCUT2D eigenvalue weighted by Crippen LogP contribution is -2.38. The van der Waals surface area contributed by atoms with Crippen LogP contribution in [0.1, 0.15) is 43.6 Å². The molecule has 0 amide bonds. The molecule has 6 heteroatoms. The van der Waals surface area contributed by atoms with Crippen molar-refractivity contribution in [2.24, 2.45) is 5.73 Å². The molecule has 2 aromatic rings. The highest BCUT2D eigenvalue weighted by atomic mass is 32.2. The van der Waals surface area contributed by atoms with E-state index in [2.05, 4.69) is 34.3 Å². The zero-order valence-electron chi connectivity index (χ0n) is 16.3. The highest BCUT2D eigenvalue weighted by Gasteiger charge is 2.39. The average molecular weight is 400 g/mol. The third-order valence-electron chi connectivity index (χ3n) is 5.85. The number of nitrogens with one attached hydrogen (secondary N) is 2. The molecule has 0 aliphatic heterocycles. The molecule has 0 radical (unpaired) electrons. The fraction of sp³-hybridized carbons (Fsp3) is 0.455. The van der Waals surface area contributed by atoms with E-state index in [4.69, 9.17) is 5.73 Å². The Kier molecular flexibility index (Phi) is 5.45. The largest absolute Gasteiger partial charge is 0.328 e. The van der Waals surface area contributed by atoms with Gasteiger partial charge in [0.05, 0.1) is 6.26 Å². The van der Waals surface area contributed by atoms with Gasteiger partial charge in [-0.3, -0.25) is 4.72 Å². The van der Waals surface area contributed by atoms with Gasteiger partial charge in [0.25, 0.3) is 0 Å². The van der Waals surface area contributed by atoms with Crippen LogP contribution in [0.4, 0.5) is 5.69 Å². The Morgan fingerprint density at radius 1 is 0.964 bits per heavy atom. The Morgan fingerprint density at radius 2 is 1.68 bits per heavy atom. The van der Waals surface area contributed by atoms with E-state index < -0.39 is 10.0 Å². The van der Waals surface area contributed by atoms with Gasteiger partial charge >= 0.3 is 0 Å². The summed E-state index contributed by atoms with van der Waals surface area (Å²) in [6, 6.07) is 17.8. The lowest BCUT2D eigenvalue weighted by molar-refractivity contribution is 0.339. The van der Waals surface area contributed by atoms with E-state index in [-0.39, 0.29) is 0 Å². The molecular formula is C22H29N3O2S. The monoisotopic (exact) mass is 399 g/mol. The first kappa shape index (κ1) is 19.4. The maximum absolute atomic E-state index is 11.4. The van der Waals surface area contributed by atoms with Crippen molar-refractivity contribution >= 4 is 15.7 Å². The van der Waals surface area contributed by atoms with E-state index in [9.17, 15) is 8.42 Å². The minimum Gasteiger partial charge on any atom is -0.328 e. The second-order valence-corrected chi connectivity index (χ2v) is 10.1. The molecule has 150 valence electrons. The van der Waals surface area contributed by atoms with Gasteiger partial charge in [0, 0.05) is 29.7 Å². The van der Waals surface area contributed by atoms with Gasteiger partial charge in [0.2, 0.25) is 10.0 Å². The summed E-state index contributed by atoms with van der Waals surface area (Å²) in [6.07, 6.45) is 7.03. The fourth-order valence-corrected chi connectivity index (χ4v) is 4.79. The summed E-state index contributed by atoms with van der Waals surface area (Å²) in [7, 11) is -3.27. The predicted octanol–water partition coefficient (Wildman–Crippen LogP) is 3.44. The number of anilines is 1. The third kappa shape index (κ3) is 4.93. The van der Waals surface area contributed by atoms with Crippen molar-refractivity contribution in [3.63, 3.8) is 0 Å². The first-order valence-electron chi connectivity index (χ1n) is 10.1. The van der Waals surface area contributed by atoms with Crippen LogP contribution in [0.2, 0.25) is 0 Å². The molecule has 2 fully saturated rings. The first-order valence-corrected chi connectivity index (χ1v) is 12.0. The minimum absolute atomic E-state index is 0.395. The molecule has 4 rings (SSSR count). The molecule has 2 aliphatic rings. The molecule has 28 heavy (non-hydrogen) atoms. The molecule has 0 saturated heterocycles. The number of hydrogen-bond donors (Lipinski definition) is 3. The molecule has 2 aliphatic carbocycles. The topological polar surface area (TPSA) is 84.2 Å². The predicted molar refractivity (Wildman–Crippen MR) is 115 cm³/mol. The molecule has 4 N–H and O–H groups in total. The maximum Gasteiger partial charge on any atom is 0.229 e. The fourth-order valence-electron chi connectivity index (χ4n) is 4.24. The van der Waals surface area contributed by atoms with E-state index in [1.165, 1.54) is 24.8 Å². The zero-order chi connectivity index (χ0) is 19.7. The lowest BCUT2D eigenvalue weighted by Gasteiger charge is -2.27. The van der Waals surface area contributed by atoms with Gasteiger partial charge < -0.3 is 11.1 Å². The van der Waals surface area contributed by atoms with E-state index in [1.54, 1.807) is 6.07 Å². The van der Waals surface area contributed by atoms with Crippen LogP contribution in [0.25, 0.3) is 11.1 Å². The van der Waals surface area contributed by atoms with Gasteiger partial charge in [-0.2, -0.15) is 0 Å². The van der Waals surface area contributed by atoms with Gasteiger partial charge in [0.1, 0.15) is 0 Å². The maximum atomic E-state index is 11.4. The molecule has 0 heterocycles. The summed E-state index contributed by atoms with van der Waals surface area (Å²) >= 11 is 0. The van der Waals surface area contributed by atoms with Gasteiger partial charge in [-0.05, 0) is 60.9 Å². The second kappa shape index (κ2) is 7.85. The smallest absolute Gasteiger partial charge is 0.229 e. The molecule has 0 aromatic heterocycles. The van der Waals surface area contributed by atoms with Crippen molar-refractivity contribution in [3.05, 3.63) is 54.1 Å². The van der Waals surface area contributed by atoms with Crippen molar-refractivity contribution in [2.45, 2.75) is 56.1 Å². The number of nitrogens with two attached hydrogens (primary N) is 1. The van der Waals surface area contributed by atoms with E-state index >= 15 is 0 Å². The quantitative estimate of drug-likeness (QED) is 0.695. The number of benzene rings is 2. The summed E-state index contributed by atoms with van der Waals surface area (Å²) in [4.78, 5) is 0. The van der Waals surface area contributed by atoms with Crippen LogP contribution in [0.5, 0.6) is 0 Å². The van der Waals surface area contributed by atoms with Crippen molar-refractivity contribution in [1.82, 2.24) is 5.32 Å². The molecule has 2 unspecified atom stereocenters. The second-order valence-electron chi connectivity index (χ2n) is 8.30. The SMILES string of the molecule is CS(=O)(=O)Nc1cccc(-c2ccc(C3CC3NC3CCC(N)CC3)cc2)c1. The lowest BCUT2D eigenvalue weighted by atomic mass is 9.92. The highest BCUT2D eigenvalue weighted by Crippen LogP contribution is 2.42. The molecule has 2 saturated carbocycles. The molecule has 0 spiro atoms. The summed E-state index contributed by atoms with van der Waals surface area (Å²) in [5, 5.41) is 3.82. The van der Waals surface area contributed by atoms with Crippen molar-refractivity contribution < 1.29 is 8.42 Å². The summed E-state index contributed by atoms with van der Waals surface area (Å²) in [5.41, 5.74) is 10.1. The van der Waals surface area contributed by atoms with Crippen LogP contribution < -0.4 is 15.8 Å². The van der Waals surface area contributed by atoms with Crippen LogP contribution in [0.15, 0.2) is 48.5 Å². The van der Waals surface area contributed by atoms with Crippen LogP contribution >= 0.6 is 0 Å². The highest BCUT2D eigenvalue weighted by molar-refractivity contribution is 7.92. The first-order chi connectivity index (χ1) is 13.4. The Balaban J connectivity index is 1.38. The van der Waals surface area contributed by atoms with Gasteiger partial charge in [-0.1, -0.05) is 36.4 Å². The van der Waals surface area contributed by atoms with E-state index in [0.29, 0.717) is 29.7 Å². The number of sulfonamides is 1. The van der Waals surface area contributed by atoms with Crippen molar-refractivity contribution in [2.75, 3.05) is 11.0 Å². The Hall–Kier alpha value is -1.89. The van der Waals surface area contributed by atoms with Crippen molar-refractivity contribution in [1.29, 1.82) is 0 Å². The van der Waals surface area contributed by atoms with Crippen LogP contribution in [0, 0.1) is 0 Å². The Morgan fingerprint density at radius 3 is 2.36 bits per heavy atom. The van der Waals surface area contributed by atoms with E-state index in [0.717, 1.165) is 30.2 Å². The number of rotatable bonds is 6. The minimum atomic E-state index is -3.27. The molecular weight excluding hydrogens is 370 g/mol. The van der Waals surface area contributed by atoms with E-state index in [1.807, 2.05) is 18.2 Å². The molecule has 2 atom stereocenters. The van der Waals surface area contributed by atoms with Gasteiger partial charge in [-0.25, -0.2) is 8.42 Å². The molecule has 5 nitrogen and oxygen atoms in total. The Bertz CT molecular complexity index is 919. The van der Waals surface area contributed by atoms with Crippen LogP contribution in [0.3, 0.4) is 0 Å². The zero-order valence-corrected chi connectivity index (χ0v) is 17.1. The standard InChI is InChI=1S/C22H29N3O2S/c1-28(26,27)25-20-4-2-3-17(13-20)15-5-7-16(8-6-15)21-14-22(21)24-19-11-9-18(23)10-12-19/h2-8,13,18-19,21-22,24-25H,9-12,14,23H2,1H3. The molecule has 2 aromatic carbocycles. The van der Waals surface area contributed by atoms with Crippen molar-refractivity contribution in [3.8, 4) is 11.1 Å². The van der Waals surface area contributed by atoms with Gasteiger partial charge in [0.15, 0.2) is 0 Å². The summed E-state index contributed by atoms with van der Waals surface area (Å²) < 4.78 is 25.4. The number of hydrogen-bond acceptors (Lipinski definition) is 4. The normalized spacial score (nSPS) is 27.4. The summed E-state index contributed by atoms with van der Waals surface area (Å²) in [6.45, 7) is 0.